The molecule has 18 aromatic rings. The molecular formula is C86H56N4. The van der Waals surface area contributed by atoms with E-state index in [1.165, 1.54) is 92.3 Å². The predicted molar refractivity (Wildman–Crippen MR) is 383 cm³/mol. The SMILES string of the molecule is c1ccc(N(c2cccc(N(c3ccc4c(c3)c3cc(-c5ccc6ccccc6c5)ccc3n4-c3cccc4ccccc34)c3cccc4ccccc34)c2)c2ccc3c(c2)c2cc(-c4cccc5ccccc45)ccc2n3-c2cccc3ccccc23)cc1. The second-order valence-electron chi connectivity index (χ2n) is 23.6. The van der Waals surface area contributed by atoms with Gasteiger partial charge in [0.25, 0.3) is 0 Å². The number of aromatic nitrogens is 2. The number of para-hydroxylation sites is 1. The summed E-state index contributed by atoms with van der Waals surface area (Å²) in [6.07, 6.45) is 0. The molecule has 0 N–H and O–H groups in total. The van der Waals surface area contributed by atoms with E-state index < -0.39 is 0 Å². The van der Waals surface area contributed by atoms with Gasteiger partial charge in [0.05, 0.1) is 39.1 Å². The van der Waals surface area contributed by atoms with Crippen LogP contribution in [0.1, 0.15) is 0 Å². The summed E-state index contributed by atoms with van der Waals surface area (Å²) in [6.45, 7) is 0. The zero-order valence-electron chi connectivity index (χ0n) is 49.1. The van der Waals surface area contributed by atoms with Crippen LogP contribution in [-0.4, -0.2) is 9.13 Å². The molecule has 0 aliphatic heterocycles. The minimum absolute atomic E-state index is 1.03. The molecule has 18 rings (SSSR count). The number of anilines is 6. The van der Waals surface area contributed by atoms with Gasteiger partial charge in [-0.1, -0.05) is 224 Å². The average Bonchev–Trinajstić information content (AvgIpc) is 1.59. The van der Waals surface area contributed by atoms with Crippen LogP contribution in [0.2, 0.25) is 0 Å². The van der Waals surface area contributed by atoms with Gasteiger partial charge < -0.3 is 18.9 Å². The molecule has 0 aliphatic rings. The van der Waals surface area contributed by atoms with Gasteiger partial charge in [0.1, 0.15) is 0 Å². The Bertz CT molecular complexity index is 5870. The Kier molecular flexibility index (Phi) is 11.9. The van der Waals surface area contributed by atoms with Gasteiger partial charge in [-0.15, -0.1) is 0 Å². The molecule has 0 radical (unpaired) electrons. The van der Waals surface area contributed by atoms with E-state index in [0.717, 1.165) is 73.0 Å². The molecule has 16 aromatic carbocycles. The summed E-state index contributed by atoms with van der Waals surface area (Å²) in [4.78, 5) is 4.90. The maximum Gasteiger partial charge on any atom is 0.0542 e. The fourth-order valence-electron chi connectivity index (χ4n) is 14.4. The third-order valence-electron chi connectivity index (χ3n) is 18.6. The van der Waals surface area contributed by atoms with Gasteiger partial charge in [0.2, 0.25) is 0 Å². The van der Waals surface area contributed by atoms with Crippen molar-refractivity contribution in [1.29, 1.82) is 0 Å². The molecule has 4 heteroatoms. The van der Waals surface area contributed by atoms with Gasteiger partial charge >= 0.3 is 0 Å². The van der Waals surface area contributed by atoms with E-state index in [9.17, 15) is 0 Å². The van der Waals surface area contributed by atoms with Crippen LogP contribution in [0.4, 0.5) is 34.1 Å². The Hall–Kier alpha value is -12.0. The van der Waals surface area contributed by atoms with Crippen LogP contribution < -0.4 is 9.80 Å². The second-order valence-corrected chi connectivity index (χ2v) is 23.6. The van der Waals surface area contributed by atoms with E-state index in [4.69, 9.17) is 0 Å². The van der Waals surface area contributed by atoms with Crippen LogP contribution in [0.15, 0.2) is 340 Å². The smallest absolute Gasteiger partial charge is 0.0542 e. The van der Waals surface area contributed by atoms with Crippen molar-refractivity contribution in [3.8, 4) is 33.6 Å². The summed E-state index contributed by atoms with van der Waals surface area (Å²) >= 11 is 0. The summed E-state index contributed by atoms with van der Waals surface area (Å²) in [5, 5.41) is 16.8. The van der Waals surface area contributed by atoms with E-state index in [1.807, 2.05) is 0 Å². The first-order chi connectivity index (χ1) is 44.6. The average molecular weight is 1150 g/mol. The molecule has 0 fully saturated rings. The van der Waals surface area contributed by atoms with Crippen molar-refractivity contribution >= 4 is 132 Å². The Morgan fingerprint density at radius 3 is 1.21 bits per heavy atom. The molecular weight excluding hydrogens is 1090 g/mol. The van der Waals surface area contributed by atoms with Gasteiger partial charge in [-0.3, -0.25) is 0 Å². The molecule has 0 amide bonds. The van der Waals surface area contributed by atoms with Crippen molar-refractivity contribution in [2.75, 3.05) is 9.80 Å². The molecule has 4 nitrogen and oxygen atoms in total. The summed E-state index contributed by atoms with van der Waals surface area (Å²) in [7, 11) is 0. The Morgan fingerprint density at radius 1 is 0.189 bits per heavy atom. The lowest BCUT2D eigenvalue weighted by atomic mass is 9.97. The number of benzene rings is 16. The molecule has 0 aliphatic carbocycles. The standard InChI is InChI=1S/C86H56N4/c1-2-29-66(30-3-1)87(69-45-49-85-78(55-69)77-53-65(72-37-14-25-58-20-6-10-33-71(58)72)44-48-84(77)90(85)82-40-17-28-61-23-9-13-36-75(61)82)67-31-18-32-68(54-67)88(80-38-15-26-59-21-7-11-34-73(59)80)70-46-50-86-79(56-70)76-52-64(63-42-41-57-19-4-5-24-62(57)51-63)43-47-83(76)89(86)81-39-16-27-60-22-8-12-35-74(60)81/h1-56H. The molecule has 0 bridgehead atoms. The van der Waals surface area contributed by atoms with Crippen molar-refractivity contribution in [1.82, 2.24) is 9.13 Å². The minimum Gasteiger partial charge on any atom is -0.310 e. The maximum absolute atomic E-state index is 2.47. The fraction of sp³-hybridized carbons (Fsp3) is 0. The summed E-state index contributed by atoms with van der Waals surface area (Å²) < 4.78 is 4.95. The van der Waals surface area contributed by atoms with Crippen molar-refractivity contribution in [2.45, 2.75) is 0 Å². The normalized spacial score (nSPS) is 11.8. The molecule has 2 aromatic heterocycles. The predicted octanol–water partition coefficient (Wildman–Crippen LogP) is 23.9. The molecule has 0 saturated carbocycles. The highest BCUT2D eigenvalue weighted by atomic mass is 15.2. The quantitative estimate of drug-likeness (QED) is 0.136. The van der Waals surface area contributed by atoms with Crippen LogP contribution in [0.25, 0.3) is 131 Å². The number of rotatable bonds is 10. The molecule has 90 heavy (non-hydrogen) atoms. The lowest BCUT2D eigenvalue weighted by Crippen LogP contribution is -2.13. The van der Waals surface area contributed by atoms with Gasteiger partial charge in [0, 0.05) is 66.1 Å². The summed E-state index contributed by atoms with van der Waals surface area (Å²) in [5.74, 6) is 0. The third-order valence-corrected chi connectivity index (χ3v) is 18.6. The van der Waals surface area contributed by atoms with Crippen molar-refractivity contribution in [3.63, 3.8) is 0 Å². The fourth-order valence-corrected chi connectivity index (χ4v) is 14.4. The molecule has 0 atom stereocenters. The van der Waals surface area contributed by atoms with Crippen LogP contribution in [0.5, 0.6) is 0 Å². The maximum atomic E-state index is 2.47. The molecule has 2 heterocycles. The monoisotopic (exact) mass is 1140 g/mol. The molecule has 420 valence electrons. The highest BCUT2D eigenvalue weighted by Crippen LogP contribution is 2.47. The van der Waals surface area contributed by atoms with E-state index in [-0.39, 0.29) is 0 Å². The van der Waals surface area contributed by atoms with E-state index in [2.05, 4.69) is 359 Å². The number of hydrogen-bond acceptors (Lipinski definition) is 2. The van der Waals surface area contributed by atoms with Crippen LogP contribution in [0.3, 0.4) is 0 Å². The number of fused-ring (bicyclic) bond motifs is 11. The van der Waals surface area contributed by atoms with Gasteiger partial charge in [-0.25, -0.2) is 0 Å². The molecule has 0 unspecified atom stereocenters. The highest BCUT2D eigenvalue weighted by molar-refractivity contribution is 6.16. The van der Waals surface area contributed by atoms with Crippen molar-refractivity contribution in [3.05, 3.63) is 340 Å². The first kappa shape index (κ1) is 51.3. The van der Waals surface area contributed by atoms with Crippen LogP contribution in [-0.2, 0) is 0 Å². The van der Waals surface area contributed by atoms with E-state index >= 15 is 0 Å². The Morgan fingerprint density at radius 2 is 0.578 bits per heavy atom. The first-order valence-electron chi connectivity index (χ1n) is 31.0. The molecule has 0 spiro atoms. The third kappa shape index (κ3) is 8.38. The van der Waals surface area contributed by atoms with Crippen LogP contribution >= 0.6 is 0 Å². The largest absolute Gasteiger partial charge is 0.310 e. The molecule has 0 saturated heterocycles. The highest BCUT2D eigenvalue weighted by Gasteiger charge is 2.24. The summed E-state index contributed by atoms with van der Waals surface area (Å²) in [5.41, 5.74) is 18.0. The lowest BCUT2D eigenvalue weighted by molar-refractivity contribution is 1.19. The summed E-state index contributed by atoms with van der Waals surface area (Å²) in [6, 6.07) is 125. The number of nitrogens with zero attached hydrogens (tertiary/aromatic N) is 4. The van der Waals surface area contributed by atoms with Gasteiger partial charge in [-0.2, -0.15) is 0 Å². The number of hydrogen-bond donors (Lipinski definition) is 0. The van der Waals surface area contributed by atoms with Gasteiger partial charge in [0.15, 0.2) is 0 Å². The van der Waals surface area contributed by atoms with E-state index in [1.54, 1.807) is 0 Å². The van der Waals surface area contributed by atoms with Crippen LogP contribution in [0, 0.1) is 0 Å². The first-order valence-corrected chi connectivity index (χ1v) is 31.0. The van der Waals surface area contributed by atoms with Gasteiger partial charge in [-0.05, 0) is 175 Å². The van der Waals surface area contributed by atoms with Crippen molar-refractivity contribution < 1.29 is 0 Å². The van der Waals surface area contributed by atoms with Crippen molar-refractivity contribution in [2.24, 2.45) is 0 Å². The minimum atomic E-state index is 1.03. The zero-order chi connectivity index (χ0) is 59.2. The Balaban J connectivity index is 0.848. The van der Waals surface area contributed by atoms with E-state index in [0.29, 0.717) is 0 Å². The Labute approximate surface area is 520 Å². The lowest BCUT2D eigenvalue weighted by Gasteiger charge is -2.30. The topological polar surface area (TPSA) is 16.3 Å². The second kappa shape index (κ2) is 20.9. The zero-order valence-corrected chi connectivity index (χ0v) is 49.1.